The molecule has 3 rings (SSSR count). The number of carbonyl (C=O) groups excluding carboxylic acids is 1. The predicted octanol–water partition coefficient (Wildman–Crippen LogP) is 5.61. The maximum Gasteiger partial charge on any atom is 0.182 e. The minimum atomic E-state index is -0.801. The molecule has 0 heterocycles. The molecule has 0 spiro atoms. The fourth-order valence-electron chi connectivity index (χ4n) is 2.44. The van der Waals surface area contributed by atoms with E-state index in [0.717, 1.165) is 16.3 Å². The molecule has 0 saturated heterocycles. The Bertz CT molecular complexity index is 799. The summed E-state index contributed by atoms with van der Waals surface area (Å²) in [5.41, 5.74) is 1.43. The first kappa shape index (κ1) is 15.1. The van der Waals surface area contributed by atoms with Crippen molar-refractivity contribution in [3.8, 4) is 0 Å². The highest BCUT2D eigenvalue weighted by molar-refractivity contribution is 6.39. The number of ketones is 1. The van der Waals surface area contributed by atoms with Gasteiger partial charge >= 0.3 is 0 Å². The van der Waals surface area contributed by atoms with E-state index in [4.69, 9.17) is 23.2 Å². The lowest BCUT2D eigenvalue weighted by Gasteiger charge is -2.15. The van der Waals surface area contributed by atoms with E-state index in [1.54, 1.807) is 6.07 Å². The average Bonchev–Trinajstić information content (AvgIpc) is 2.60. The van der Waals surface area contributed by atoms with Gasteiger partial charge in [-0.25, -0.2) is 0 Å². The highest BCUT2D eigenvalue weighted by atomic mass is 35.5. The summed E-state index contributed by atoms with van der Waals surface area (Å²) in [5.74, 6) is -0.156. The third-order valence-electron chi connectivity index (χ3n) is 3.66. The second-order valence-electron chi connectivity index (χ2n) is 5.14. The third-order valence-corrected chi connectivity index (χ3v) is 4.74. The van der Waals surface area contributed by atoms with Crippen LogP contribution in [-0.4, -0.2) is 11.2 Å². The number of alkyl halides is 2. The molecule has 0 amide bonds. The second-order valence-corrected chi connectivity index (χ2v) is 6.08. The normalized spacial score (nSPS) is 13.7. The van der Waals surface area contributed by atoms with Crippen LogP contribution in [0.3, 0.4) is 0 Å². The number of fused-ring (bicyclic) bond motifs is 1. The van der Waals surface area contributed by atoms with Gasteiger partial charge in [-0.2, -0.15) is 0 Å². The Morgan fingerprint density at radius 3 is 2.14 bits per heavy atom. The number of hydrogen-bond donors (Lipinski definition) is 0. The van der Waals surface area contributed by atoms with E-state index in [1.165, 1.54) is 0 Å². The Hall–Kier alpha value is -1.83. The smallest absolute Gasteiger partial charge is 0.182 e. The topological polar surface area (TPSA) is 17.1 Å². The number of benzene rings is 3. The number of hydrogen-bond acceptors (Lipinski definition) is 1. The lowest BCUT2D eigenvalue weighted by atomic mass is 9.99. The molecule has 3 aromatic carbocycles. The molecule has 1 nitrogen and oxygen atoms in total. The summed E-state index contributed by atoms with van der Waals surface area (Å²) in [6.07, 6.45) is 0. The van der Waals surface area contributed by atoms with Gasteiger partial charge < -0.3 is 0 Å². The Labute approximate surface area is 139 Å². The summed E-state index contributed by atoms with van der Waals surface area (Å²) in [6, 6.07) is 22.9. The standard InChI is InChI=1S/C19H14Cl2O/c20-17(14-7-2-1-3-8-14)18(21)19(22)16-11-10-13-6-4-5-9-15(13)12-16/h1-12,17-18H/t17-,18-/m0/s1. The Morgan fingerprint density at radius 2 is 1.41 bits per heavy atom. The zero-order valence-electron chi connectivity index (χ0n) is 11.7. The molecular formula is C19H14Cl2O. The van der Waals surface area contributed by atoms with Gasteiger partial charge in [-0.05, 0) is 22.4 Å². The van der Waals surface area contributed by atoms with Crippen molar-refractivity contribution < 1.29 is 4.79 Å². The molecule has 2 atom stereocenters. The second kappa shape index (κ2) is 6.51. The fourth-order valence-corrected chi connectivity index (χ4v) is 2.97. The van der Waals surface area contributed by atoms with Crippen LogP contribution < -0.4 is 0 Å². The molecule has 0 bridgehead atoms. The zero-order chi connectivity index (χ0) is 15.5. The van der Waals surface area contributed by atoms with Crippen molar-refractivity contribution in [1.29, 1.82) is 0 Å². The Kier molecular flexibility index (Phi) is 4.47. The Morgan fingerprint density at radius 1 is 0.773 bits per heavy atom. The minimum absolute atomic E-state index is 0.156. The number of rotatable bonds is 4. The van der Waals surface area contributed by atoms with Crippen molar-refractivity contribution in [2.45, 2.75) is 10.8 Å². The zero-order valence-corrected chi connectivity index (χ0v) is 13.3. The Balaban J connectivity index is 1.88. The molecule has 0 aliphatic carbocycles. The molecule has 110 valence electrons. The maximum absolute atomic E-state index is 12.6. The first-order valence-corrected chi connectivity index (χ1v) is 7.90. The van der Waals surface area contributed by atoms with E-state index in [-0.39, 0.29) is 5.78 Å². The summed E-state index contributed by atoms with van der Waals surface area (Å²) in [7, 11) is 0. The van der Waals surface area contributed by atoms with Crippen LogP contribution in [0.2, 0.25) is 0 Å². The molecule has 22 heavy (non-hydrogen) atoms. The average molecular weight is 329 g/mol. The van der Waals surface area contributed by atoms with Crippen molar-refractivity contribution in [2.75, 3.05) is 0 Å². The van der Waals surface area contributed by atoms with Gasteiger partial charge in [-0.3, -0.25) is 4.79 Å². The first-order valence-electron chi connectivity index (χ1n) is 7.03. The van der Waals surface area contributed by atoms with Crippen molar-refractivity contribution in [3.05, 3.63) is 83.9 Å². The molecule has 3 heteroatoms. The van der Waals surface area contributed by atoms with Crippen LogP contribution >= 0.6 is 23.2 Å². The van der Waals surface area contributed by atoms with Crippen molar-refractivity contribution in [3.63, 3.8) is 0 Å². The van der Waals surface area contributed by atoms with Crippen LogP contribution in [-0.2, 0) is 0 Å². The third kappa shape index (κ3) is 3.01. The van der Waals surface area contributed by atoms with Crippen molar-refractivity contribution in [2.24, 2.45) is 0 Å². The lowest BCUT2D eigenvalue weighted by molar-refractivity contribution is 0.0985. The maximum atomic E-state index is 12.6. The van der Waals surface area contributed by atoms with E-state index >= 15 is 0 Å². The largest absolute Gasteiger partial charge is 0.292 e. The molecular weight excluding hydrogens is 315 g/mol. The molecule has 0 fully saturated rings. The van der Waals surface area contributed by atoms with E-state index in [1.807, 2.05) is 66.7 Å². The highest BCUT2D eigenvalue weighted by Crippen LogP contribution is 2.30. The minimum Gasteiger partial charge on any atom is -0.292 e. The SMILES string of the molecule is O=C(c1ccc2ccccc2c1)[C@@H](Cl)[C@@H](Cl)c1ccccc1. The molecule has 0 radical (unpaired) electrons. The van der Waals surface area contributed by atoms with Crippen LogP contribution in [0, 0.1) is 0 Å². The van der Waals surface area contributed by atoms with Crippen LogP contribution in [0.5, 0.6) is 0 Å². The first-order chi connectivity index (χ1) is 10.7. The molecule has 0 aromatic heterocycles. The van der Waals surface area contributed by atoms with E-state index in [2.05, 4.69) is 0 Å². The summed E-state index contributed by atoms with van der Waals surface area (Å²) in [6.45, 7) is 0. The summed E-state index contributed by atoms with van der Waals surface area (Å²) in [5, 5.41) is 0.755. The van der Waals surface area contributed by atoms with Gasteiger partial charge in [-0.15, -0.1) is 23.2 Å². The molecule has 0 N–H and O–H groups in total. The molecule has 0 aliphatic rings. The van der Waals surface area contributed by atoms with Gasteiger partial charge in [0.1, 0.15) is 5.38 Å². The van der Waals surface area contributed by atoms with Gasteiger partial charge in [0, 0.05) is 5.56 Å². The molecule has 0 saturated carbocycles. The van der Waals surface area contributed by atoms with Gasteiger partial charge in [0.2, 0.25) is 0 Å². The number of halogens is 2. The van der Waals surface area contributed by atoms with Crippen molar-refractivity contribution in [1.82, 2.24) is 0 Å². The number of carbonyl (C=O) groups is 1. The van der Waals surface area contributed by atoms with Gasteiger partial charge in [0.05, 0.1) is 5.38 Å². The van der Waals surface area contributed by atoms with Crippen LogP contribution in [0.1, 0.15) is 21.3 Å². The summed E-state index contributed by atoms with van der Waals surface area (Å²) < 4.78 is 0. The van der Waals surface area contributed by atoms with Crippen LogP contribution in [0.15, 0.2) is 72.8 Å². The van der Waals surface area contributed by atoms with E-state index < -0.39 is 10.8 Å². The van der Waals surface area contributed by atoms with Gasteiger partial charge in [0.25, 0.3) is 0 Å². The summed E-state index contributed by atoms with van der Waals surface area (Å²) in [4.78, 5) is 12.6. The lowest BCUT2D eigenvalue weighted by Crippen LogP contribution is -2.20. The van der Waals surface area contributed by atoms with E-state index in [0.29, 0.717) is 5.56 Å². The van der Waals surface area contributed by atoms with Crippen LogP contribution in [0.25, 0.3) is 10.8 Å². The van der Waals surface area contributed by atoms with E-state index in [9.17, 15) is 4.79 Å². The predicted molar refractivity (Wildman–Crippen MR) is 93.0 cm³/mol. The number of Topliss-reactive ketones (excluding diaryl/α,β-unsaturated/α-hetero) is 1. The molecule has 0 aliphatic heterocycles. The molecule has 0 unspecified atom stereocenters. The van der Waals surface area contributed by atoms with Gasteiger partial charge in [-0.1, -0.05) is 66.7 Å². The summed E-state index contributed by atoms with van der Waals surface area (Å²) >= 11 is 12.7. The van der Waals surface area contributed by atoms with Crippen molar-refractivity contribution >= 4 is 39.8 Å². The molecule has 3 aromatic rings. The highest BCUT2D eigenvalue weighted by Gasteiger charge is 2.26. The van der Waals surface area contributed by atoms with Gasteiger partial charge in [0.15, 0.2) is 5.78 Å². The monoisotopic (exact) mass is 328 g/mol. The quantitative estimate of drug-likeness (QED) is 0.449. The fraction of sp³-hybridized carbons (Fsp3) is 0.105. The van der Waals surface area contributed by atoms with Crippen LogP contribution in [0.4, 0.5) is 0 Å².